The Morgan fingerprint density at radius 2 is 1.65 bits per heavy atom. The summed E-state index contributed by atoms with van der Waals surface area (Å²) in [6, 6.07) is 3.33. The molecule has 17 heavy (non-hydrogen) atoms. The lowest BCUT2D eigenvalue weighted by Gasteiger charge is -2.17. The molecule has 0 aliphatic carbocycles. The highest BCUT2D eigenvalue weighted by molar-refractivity contribution is 5.54. The predicted molar refractivity (Wildman–Crippen MR) is 64.7 cm³/mol. The summed E-state index contributed by atoms with van der Waals surface area (Å²) in [4.78, 5) is 0. The molecule has 0 amide bonds. The van der Waals surface area contributed by atoms with E-state index < -0.39 is 0 Å². The Bertz CT molecular complexity index is 343. The molecule has 0 aromatic heterocycles. The number of nitrogens with two attached hydrogens (primary N) is 1. The number of ether oxygens (including phenoxy) is 3. The molecular weight excluding hydrogens is 222 g/mol. The van der Waals surface area contributed by atoms with Gasteiger partial charge in [-0.15, -0.1) is 0 Å². The minimum atomic E-state index is -0.256. The van der Waals surface area contributed by atoms with Crippen LogP contribution in [0, 0.1) is 0 Å². The molecular formula is C12H19NO4. The van der Waals surface area contributed by atoms with Gasteiger partial charge in [-0.2, -0.15) is 0 Å². The molecule has 3 N–H and O–H groups in total. The van der Waals surface area contributed by atoms with Gasteiger partial charge in [-0.05, 0) is 24.1 Å². The van der Waals surface area contributed by atoms with E-state index >= 15 is 0 Å². The number of aliphatic hydroxyl groups is 1. The number of hydrogen-bond acceptors (Lipinski definition) is 5. The van der Waals surface area contributed by atoms with E-state index in [0.717, 1.165) is 5.56 Å². The van der Waals surface area contributed by atoms with E-state index in [1.807, 2.05) is 0 Å². The van der Waals surface area contributed by atoms with Gasteiger partial charge in [0.05, 0.1) is 21.3 Å². The van der Waals surface area contributed by atoms with E-state index in [1.54, 1.807) is 33.5 Å². The largest absolute Gasteiger partial charge is 0.493 e. The van der Waals surface area contributed by atoms with E-state index in [0.29, 0.717) is 23.7 Å². The van der Waals surface area contributed by atoms with Crippen LogP contribution in [0.5, 0.6) is 17.2 Å². The van der Waals surface area contributed by atoms with Gasteiger partial charge in [0.15, 0.2) is 11.5 Å². The normalized spacial score (nSPS) is 12.1. The number of methoxy groups -OCH3 is 3. The fraction of sp³-hybridized carbons (Fsp3) is 0.500. The average molecular weight is 241 g/mol. The summed E-state index contributed by atoms with van der Waals surface area (Å²) in [5.41, 5.74) is 6.77. The van der Waals surface area contributed by atoms with Gasteiger partial charge in [-0.3, -0.25) is 0 Å². The lowest BCUT2D eigenvalue weighted by atomic mass is 10.0. The third-order valence-electron chi connectivity index (χ3n) is 2.56. The van der Waals surface area contributed by atoms with E-state index in [1.165, 1.54) is 0 Å². The monoisotopic (exact) mass is 241 g/mol. The summed E-state index contributed by atoms with van der Waals surface area (Å²) >= 11 is 0. The van der Waals surface area contributed by atoms with Gasteiger partial charge in [0.2, 0.25) is 5.75 Å². The summed E-state index contributed by atoms with van der Waals surface area (Å²) < 4.78 is 15.7. The molecule has 1 atom stereocenters. The molecule has 5 heteroatoms. The smallest absolute Gasteiger partial charge is 0.203 e. The number of aliphatic hydroxyl groups excluding tert-OH is 1. The molecule has 0 radical (unpaired) electrons. The Labute approximate surface area is 101 Å². The molecule has 0 fully saturated rings. The first-order chi connectivity index (χ1) is 8.17. The zero-order valence-corrected chi connectivity index (χ0v) is 10.4. The number of benzene rings is 1. The van der Waals surface area contributed by atoms with Crippen molar-refractivity contribution in [1.29, 1.82) is 0 Å². The quantitative estimate of drug-likeness (QED) is 0.780. The van der Waals surface area contributed by atoms with Crippen LogP contribution in [-0.4, -0.2) is 33.0 Å². The van der Waals surface area contributed by atoms with E-state index in [4.69, 9.17) is 25.1 Å². The molecule has 1 rings (SSSR count). The van der Waals surface area contributed by atoms with Gasteiger partial charge < -0.3 is 25.1 Å². The molecule has 0 spiro atoms. The topological polar surface area (TPSA) is 73.9 Å². The van der Waals surface area contributed by atoms with Gasteiger partial charge in [0, 0.05) is 12.6 Å². The Balaban J connectivity index is 3.17. The minimum absolute atomic E-state index is 0.0395. The van der Waals surface area contributed by atoms with Gasteiger partial charge in [0.25, 0.3) is 0 Å². The van der Waals surface area contributed by atoms with Gasteiger partial charge in [-0.25, -0.2) is 0 Å². The van der Waals surface area contributed by atoms with Crippen LogP contribution in [0.4, 0.5) is 0 Å². The second kappa shape index (κ2) is 6.32. The highest BCUT2D eigenvalue weighted by Gasteiger charge is 2.16. The average Bonchev–Trinajstić information content (AvgIpc) is 2.37. The number of rotatable bonds is 6. The molecule has 0 aliphatic heterocycles. The SMILES string of the molecule is COc1cc([C@@H](N)CCO)cc(OC)c1OC. The summed E-state index contributed by atoms with van der Waals surface area (Å²) in [7, 11) is 4.66. The molecule has 5 nitrogen and oxygen atoms in total. The Hall–Kier alpha value is -1.46. The third kappa shape index (κ3) is 3.01. The highest BCUT2D eigenvalue weighted by atomic mass is 16.5. The summed E-state index contributed by atoms with van der Waals surface area (Å²) in [6.45, 7) is 0.0395. The maximum Gasteiger partial charge on any atom is 0.203 e. The van der Waals surface area contributed by atoms with Gasteiger partial charge in [-0.1, -0.05) is 0 Å². The fourth-order valence-corrected chi connectivity index (χ4v) is 1.62. The Morgan fingerprint density at radius 3 is 2.00 bits per heavy atom. The van der Waals surface area contributed by atoms with Crippen LogP contribution in [0.15, 0.2) is 12.1 Å². The Morgan fingerprint density at radius 1 is 1.12 bits per heavy atom. The molecule has 1 aromatic rings. The molecule has 0 saturated carbocycles. The lowest BCUT2D eigenvalue weighted by molar-refractivity contribution is 0.276. The molecule has 0 bridgehead atoms. The van der Waals surface area contributed by atoms with E-state index in [-0.39, 0.29) is 12.6 Å². The van der Waals surface area contributed by atoms with Crippen LogP contribution in [0.3, 0.4) is 0 Å². The van der Waals surface area contributed by atoms with Gasteiger partial charge in [0.1, 0.15) is 0 Å². The molecule has 1 aromatic carbocycles. The van der Waals surface area contributed by atoms with Crippen molar-refractivity contribution in [3.05, 3.63) is 17.7 Å². The second-order valence-electron chi connectivity index (χ2n) is 3.58. The van der Waals surface area contributed by atoms with Crippen molar-refractivity contribution in [1.82, 2.24) is 0 Å². The first-order valence-electron chi connectivity index (χ1n) is 5.34. The van der Waals surface area contributed by atoms with Crippen molar-refractivity contribution in [2.45, 2.75) is 12.5 Å². The maximum atomic E-state index is 8.88. The summed E-state index contributed by atoms with van der Waals surface area (Å²) in [5.74, 6) is 1.67. The molecule has 0 aliphatic rings. The van der Waals surface area contributed by atoms with Crippen molar-refractivity contribution in [2.24, 2.45) is 5.73 Å². The first-order valence-corrected chi connectivity index (χ1v) is 5.34. The van der Waals surface area contributed by atoms with Crippen molar-refractivity contribution in [2.75, 3.05) is 27.9 Å². The zero-order chi connectivity index (χ0) is 12.8. The lowest BCUT2D eigenvalue weighted by Crippen LogP contribution is -2.12. The summed E-state index contributed by atoms with van der Waals surface area (Å²) in [5, 5.41) is 8.88. The highest BCUT2D eigenvalue weighted by Crippen LogP contribution is 2.39. The fourth-order valence-electron chi connectivity index (χ4n) is 1.62. The standard InChI is InChI=1S/C12H19NO4/c1-15-10-6-8(9(13)4-5-14)7-11(16-2)12(10)17-3/h6-7,9,14H,4-5,13H2,1-3H3/t9-/m0/s1. The van der Waals surface area contributed by atoms with Crippen molar-refractivity contribution in [3.63, 3.8) is 0 Å². The summed E-state index contributed by atoms with van der Waals surface area (Å²) in [6.07, 6.45) is 0.485. The van der Waals surface area contributed by atoms with Crippen LogP contribution < -0.4 is 19.9 Å². The third-order valence-corrected chi connectivity index (χ3v) is 2.56. The first kappa shape index (κ1) is 13.6. The van der Waals surface area contributed by atoms with Crippen LogP contribution in [-0.2, 0) is 0 Å². The van der Waals surface area contributed by atoms with E-state index in [9.17, 15) is 0 Å². The van der Waals surface area contributed by atoms with Crippen LogP contribution in [0.2, 0.25) is 0 Å². The van der Waals surface area contributed by atoms with Crippen molar-refractivity contribution >= 4 is 0 Å². The second-order valence-corrected chi connectivity index (χ2v) is 3.58. The molecule has 96 valence electrons. The molecule has 0 unspecified atom stereocenters. The number of hydrogen-bond donors (Lipinski definition) is 2. The minimum Gasteiger partial charge on any atom is -0.493 e. The molecule has 0 heterocycles. The van der Waals surface area contributed by atoms with Crippen LogP contribution in [0.25, 0.3) is 0 Å². The van der Waals surface area contributed by atoms with E-state index in [2.05, 4.69) is 0 Å². The van der Waals surface area contributed by atoms with Gasteiger partial charge >= 0.3 is 0 Å². The van der Waals surface area contributed by atoms with Crippen molar-refractivity contribution < 1.29 is 19.3 Å². The van der Waals surface area contributed by atoms with Crippen molar-refractivity contribution in [3.8, 4) is 17.2 Å². The Kier molecular flexibility index (Phi) is 5.06. The maximum absolute atomic E-state index is 8.88. The van der Waals surface area contributed by atoms with Crippen LogP contribution >= 0.6 is 0 Å². The van der Waals surface area contributed by atoms with Crippen LogP contribution in [0.1, 0.15) is 18.0 Å². The predicted octanol–water partition coefficient (Wildman–Crippen LogP) is 1.09. The molecule has 0 saturated heterocycles. The zero-order valence-electron chi connectivity index (χ0n) is 10.4.